The number of Topliss-reactive ketones (excluding diaryl/α,β-unsaturated/α-hetero) is 1. The second kappa shape index (κ2) is 6.04. The van der Waals surface area contributed by atoms with E-state index < -0.39 is 39.1 Å². The van der Waals surface area contributed by atoms with E-state index in [2.05, 4.69) is 6.58 Å². The number of alkyl halides is 2. The fourth-order valence-corrected chi connectivity index (χ4v) is 7.97. The van der Waals surface area contributed by atoms with Gasteiger partial charge in [0.05, 0.1) is 10.3 Å². The first-order valence-corrected chi connectivity index (χ1v) is 10.6. The number of fused-ring (bicyclic) bond motifs is 5. The highest BCUT2D eigenvalue weighted by atomic mass is 35.5. The van der Waals surface area contributed by atoms with Gasteiger partial charge in [-0.15, -0.1) is 23.2 Å². The van der Waals surface area contributed by atoms with Crippen molar-refractivity contribution in [1.82, 2.24) is 0 Å². The summed E-state index contributed by atoms with van der Waals surface area (Å²) in [5.74, 6) is -0.806. The van der Waals surface area contributed by atoms with Gasteiger partial charge in [-0.05, 0) is 55.2 Å². The summed E-state index contributed by atoms with van der Waals surface area (Å²) in [4.78, 5) is 23.7. The lowest BCUT2D eigenvalue weighted by Crippen LogP contribution is -2.67. The Morgan fingerprint density at radius 2 is 2.04 bits per heavy atom. The van der Waals surface area contributed by atoms with Gasteiger partial charge in [-0.2, -0.15) is 0 Å². The molecule has 152 valence electrons. The van der Waals surface area contributed by atoms with E-state index in [0.29, 0.717) is 18.4 Å². The van der Waals surface area contributed by atoms with Crippen LogP contribution in [0.3, 0.4) is 0 Å². The van der Waals surface area contributed by atoms with Crippen molar-refractivity contribution in [3.8, 4) is 0 Å². The zero-order valence-electron chi connectivity index (χ0n) is 16.2. The first-order chi connectivity index (χ1) is 13.0. The second-order valence-corrected chi connectivity index (χ2v) is 10.5. The van der Waals surface area contributed by atoms with E-state index in [1.165, 1.54) is 0 Å². The lowest BCUT2D eigenvalue weighted by molar-refractivity contribution is -0.156. The third kappa shape index (κ3) is 2.10. The molecule has 3 saturated carbocycles. The van der Waals surface area contributed by atoms with Crippen LogP contribution in [-0.2, 0) is 9.59 Å². The number of hydrogen-bond donors (Lipinski definition) is 2. The lowest BCUT2D eigenvalue weighted by Gasteiger charge is -2.63. The van der Waals surface area contributed by atoms with Crippen molar-refractivity contribution >= 4 is 34.8 Å². The molecule has 3 fully saturated rings. The van der Waals surface area contributed by atoms with Crippen LogP contribution < -0.4 is 0 Å². The first kappa shape index (κ1) is 20.3. The maximum atomic E-state index is 12.6. The highest BCUT2D eigenvalue weighted by molar-refractivity contribution is 6.34. The average Bonchev–Trinajstić information content (AvgIpc) is 2.84. The molecule has 0 bridgehead atoms. The molecular weight excluding hydrogens is 399 g/mol. The van der Waals surface area contributed by atoms with Crippen LogP contribution in [-0.4, -0.2) is 44.2 Å². The summed E-state index contributed by atoms with van der Waals surface area (Å²) in [6.07, 6.45) is 7.37. The van der Waals surface area contributed by atoms with Crippen LogP contribution in [0.5, 0.6) is 0 Å². The van der Waals surface area contributed by atoms with Crippen LogP contribution in [0, 0.1) is 22.7 Å². The fourth-order valence-electron chi connectivity index (χ4n) is 6.74. The molecule has 0 amide bonds. The number of halogens is 2. The maximum Gasteiger partial charge on any atom is 0.194 e. The van der Waals surface area contributed by atoms with Crippen LogP contribution in [0.4, 0.5) is 0 Å². The van der Waals surface area contributed by atoms with Crippen molar-refractivity contribution in [2.24, 2.45) is 22.7 Å². The van der Waals surface area contributed by atoms with Crippen molar-refractivity contribution < 1.29 is 19.8 Å². The van der Waals surface area contributed by atoms with E-state index >= 15 is 0 Å². The minimum Gasteiger partial charge on any atom is -0.388 e. The molecule has 0 aromatic carbocycles. The molecule has 4 aliphatic carbocycles. The highest BCUT2D eigenvalue weighted by Crippen LogP contribution is 2.72. The monoisotopic (exact) mass is 424 g/mol. The number of aliphatic hydroxyl groups excluding tert-OH is 1. The van der Waals surface area contributed by atoms with Crippen molar-refractivity contribution in [2.75, 3.05) is 6.61 Å². The van der Waals surface area contributed by atoms with Gasteiger partial charge < -0.3 is 10.2 Å². The Balaban J connectivity index is 1.85. The second-order valence-electron chi connectivity index (χ2n) is 9.32. The summed E-state index contributed by atoms with van der Waals surface area (Å²) in [7, 11) is 0. The number of allylic oxidation sites excluding steroid dienone is 4. The van der Waals surface area contributed by atoms with E-state index in [4.69, 9.17) is 23.2 Å². The molecule has 0 heterocycles. The predicted octanol–water partition coefficient (Wildman–Crippen LogP) is 3.33. The molecule has 4 rings (SSSR count). The van der Waals surface area contributed by atoms with Gasteiger partial charge in [0.25, 0.3) is 0 Å². The summed E-state index contributed by atoms with van der Waals surface area (Å²) >= 11 is 14.4. The molecule has 0 saturated heterocycles. The Labute approximate surface area is 175 Å². The van der Waals surface area contributed by atoms with Gasteiger partial charge in [0.1, 0.15) is 6.61 Å². The van der Waals surface area contributed by atoms with Crippen molar-refractivity contribution in [2.45, 2.75) is 55.4 Å². The molecule has 4 nitrogen and oxygen atoms in total. The topological polar surface area (TPSA) is 74.6 Å². The normalized spacial score (nSPS) is 49.9. The van der Waals surface area contributed by atoms with E-state index in [-0.39, 0.29) is 17.6 Å². The quantitative estimate of drug-likeness (QED) is 0.526. The average molecular weight is 425 g/mol. The van der Waals surface area contributed by atoms with E-state index in [9.17, 15) is 19.8 Å². The molecule has 0 aromatic heterocycles. The summed E-state index contributed by atoms with van der Waals surface area (Å²) in [6, 6.07) is 0. The molecule has 28 heavy (non-hydrogen) atoms. The Morgan fingerprint density at radius 3 is 2.68 bits per heavy atom. The van der Waals surface area contributed by atoms with Gasteiger partial charge in [0, 0.05) is 10.8 Å². The number of hydrogen-bond acceptors (Lipinski definition) is 4. The maximum absolute atomic E-state index is 12.6. The molecule has 0 radical (unpaired) electrons. The number of ketones is 2. The fraction of sp³-hybridized carbons (Fsp3) is 0.636. The highest BCUT2D eigenvalue weighted by Gasteiger charge is 2.73. The molecule has 0 aromatic rings. The SMILES string of the molecule is C=C1C[C@H]2[C@@H]3CCC4=CC(=O)C=C[C@]4(C)[C@@]3(Cl)C(Cl)C[C@]2(C)[C@@]1(O)C(=O)CO. The van der Waals surface area contributed by atoms with Gasteiger partial charge in [0.15, 0.2) is 17.2 Å². The Hall–Kier alpha value is -0.940. The minimum absolute atomic E-state index is 0.0323. The molecule has 0 aliphatic heterocycles. The zero-order chi connectivity index (χ0) is 20.7. The van der Waals surface area contributed by atoms with Crippen LogP contribution in [0.15, 0.2) is 36.0 Å². The molecule has 0 spiro atoms. The van der Waals surface area contributed by atoms with Crippen molar-refractivity contribution in [3.05, 3.63) is 36.0 Å². The van der Waals surface area contributed by atoms with Gasteiger partial charge in [-0.3, -0.25) is 9.59 Å². The lowest BCUT2D eigenvalue weighted by atomic mass is 9.46. The predicted molar refractivity (Wildman–Crippen MR) is 108 cm³/mol. The molecule has 4 aliphatic rings. The summed E-state index contributed by atoms with van der Waals surface area (Å²) in [5.41, 5.74) is -1.77. The van der Waals surface area contributed by atoms with E-state index in [1.807, 2.05) is 19.9 Å². The minimum atomic E-state index is -1.80. The van der Waals surface area contributed by atoms with E-state index in [1.54, 1.807) is 12.2 Å². The van der Waals surface area contributed by atoms with Crippen LogP contribution in [0.25, 0.3) is 0 Å². The van der Waals surface area contributed by atoms with Crippen LogP contribution in [0.1, 0.15) is 39.5 Å². The Morgan fingerprint density at radius 1 is 1.36 bits per heavy atom. The molecule has 7 atom stereocenters. The first-order valence-electron chi connectivity index (χ1n) is 9.79. The standard InChI is InChI=1S/C22H26Cl2O4/c1-12-8-16-15-5-4-13-9-14(26)6-7-19(13,2)21(15,24)17(23)10-20(16,3)22(12,28)18(27)11-25/h6-7,9,15-17,25,28H,1,4-5,8,10-11H2,2-3H3/t15-,16-,17?,19-,20-,21-,22-/m0/s1. The molecular formula is C22H26Cl2O4. The van der Waals surface area contributed by atoms with Gasteiger partial charge in [-0.25, -0.2) is 0 Å². The summed E-state index contributed by atoms with van der Waals surface area (Å²) in [6.45, 7) is 7.18. The van der Waals surface area contributed by atoms with Crippen molar-refractivity contribution in [3.63, 3.8) is 0 Å². The van der Waals surface area contributed by atoms with Gasteiger partial charge in [0.2, 0.25) is 0 Å². The third-order valence-electron chi connectivity index (χ3n) is 8.34. The summed E-state index contributed by atoms with van der Waals surface area (Å²) in [5, 5.41) is 20.4. The number of aliphatic hydroxyl groups is 2. The molecule has 6 heteroatoms. The Bertz CT molecular complexity index is 847. The number of rotatable bonds is 2. The van der Waals surface area contributed by atoms with Crippen LogP contribution >= 0.6 is 23.2 Å². The number of carbonyl (C=O) groups is 2. The molecule has 1 unspecified atom stereocenters. The van der Waals surface area contributed by atoms with Crippen LogP contribution in [0.2, 0.25) is 0 Å². The largest absolute Gasteiger partial charge is 0.388 e. The molecule has 2 N–H and O–H groups in total. The smallest absolute Gasteiger partial charge is 0.194 e. The Kier molecular flexibility index (Phi) is 4.39. The number of carbonyl (C=O) groups excluding carboxylic acids is 2. The van der Waals surface area contributed by atoms with Crippen molar-refractivity contribution in [1.29, 1.82) is 0 Å². The zero-order valence-corrected chi connectivity index (χ0v) is 17.7. The van der Waals surface area contributed by atoms with E-state index in [0.717, 1.165) is 18.4 Å². The third-order valence-corrected chi connectivity index (χ3v) is 9.89. The van der Waals surface area contributed by atoms with Gasteiger partial charge in [-0.1, -0.05) is 32.1 Å². The van der Waals surface area contributed by atoms with Gasteiger partial charge >= 0.3 is 0 Å². The summed E-state index contributed by atoms with van der Waals surface area (Å²) < 4.78 is 0.